The van der Waals surface area contributed by atoms with E-state index in [1.54, 1.807) is 0 Å². The zero-order valence-electron chi connectivity index (χ0n) is 10.6. The fourth-order valence-electron chi connectivity index (χ4n) is 1.69. The van der Waals surface area contributed by atoms with Crippen LogP contribution in [-0.4, -0.2) is 9.97 Å². The van der Waals surface area contributed by atoms with Crippen LogP contribution in [0.1, 0.15) is 31.7 Å². The number of nitrogens with two attached hydrogens (primary N) is 1. The number of para-hydroxylation sites is 1. The Balaban J connectivity index is 2.26. The van der Waals surface area contributed by atoms with E-state index in [0.717, 1.165) is 12.2 Å². The average molecular weight is 243 g/mol. The van der Waals surface area contributed by atoms with Crippen LogP contribution in [0.4, 0.5) is 5.82 Å². The van der Waals surface area contributed by atoms with E-state index < -0.39 is 0 Å². The summed E-state index contributed by atoms with van der Waals surface area (Å²) in [6, 6.07) is 7.99. The molecule has 0 saturated heterocycles. The number of hydrogen-bond donors (Lipinski definition) is 1. The third kappa shape index (κ3) is 2.77. The van der Waals surface area contributed by atoms with Gasteiger partial charge in [0, 0.05) is 0 Å². The lowest BCUT2D eigenvalue weighted by atomic mass is 9.98. The summed E-state index contributed by atoms with van der Waals surface area (Å²) in [6.45, 7) is 4.33. The Morgan fingerprint density at radius 1 is 1.22 bits per heavy atom. The van der Waals surface area contributed by atoms with Crippen molar-refractivity contribution in [3.8, 4) is 11.6 Å². The van der Waals surface area contributed by atoms with Gasteiger partial charge in [-0.3, -0.25) is 0 Å². The van der Waals surface area contributed by atoms with Crippen molar-refractivity contribution >= 4 is 5.82 Å². The van der Waals surface area contributed by atoms with Gasteiger partial charge in [-0.1, -0.05) is 32.0 Å². The highest BCUT2D eigenvalue weighted by Gasteiger charge is 2.10. The van der Waals surface area contributed by atoms with E-state index in [9.17, 15) is 0 Å². The molecule has 1 unspecified atom stereocenters. The van der Waals surface area contributed by atoms with Gasteiger partial charge in [0.2, 0.25) is 5.88 Å². The summed E-state index contributed by atoms with van der Waals surface area (Å²) in [5.74, 6) is 2.12. The fourth-order valence-corrected chi connectivity index (χ4v) is 1.69. The molecule has 0 radical (unpaired) electrons. The normalized spacial score (nSPS) is 12.1. The Morgan fingerprint density at radius 3 is 2.67 bits per heavy atom. The zero-order chi connectivity index (χ0) is 13.0. The number of anilines is 1. The Hall–Kier alpha value is -2.10. The predicted octanol–water partition coefficient (Wildman–Crippen LogP) is 3.36. The molecule has 0 spiro atoms. The van der Waals surface area contributed by atoms with Gasteiger partial charge in [0.1, 0.15) is 11.6 Å². The number of ether oxygens (including phenoxy) is 1. The first-order chi connectivity index (χ1) is 8.70. The van der Waals surface area contributed by atoms with Crippen molar-refractivity contribution in [2.24, 2.45) is 0 Å². The molecule has 0 aliphatic rings. The van der Waals surface area contributed by atoms with Crippen LogP contribution in [-0.2, 0) is 0 Å². The maximum atomic E-state index is 5.76. The highest BCUT2D eigenvalue weighted by Crippen LogP contribution is 2.30. The van der Waals surface area contributed by atoms with Crippen molar-refractivity contribution in [2.45, 2.75) is 26.2 Å². The smallest absolute Gasteiger partial charge is 0.237 e. The molecule has 1 aromatic carbocycles. The minimum absolute atomic E-state index is 0.387. The quantitative estimate of drug-likeness (QED) is 0.894. The second kappa shape index (κ2) is 5.49. The molecule has 2 rings (SSSR count). The summed E-state index contributed by atoms with van der Waals surface area (Å²) in [5, 5.41) is 0. The third-order valence-electron chi connectivity index (χ3n) is 2.92. The lowest BCUT2D eigenvalue weighted by Gasteiger charge is -2.14. The van der Waals surface area contributed by atoms with E-state index in [-0.39, 0.29) is 0 Å². The highest BCUT2D eigenvalue weighted by molar-refractivity contribution is 5.38. The molecular formula is C14H17N3O. The molecule has 94 valence electrons. The van der Waals surface area contributed by atoms with Crippen LogP contribution in [0.2, 0.25) is 0 Å². The van der Waals surface area contributed by atoms with Crippen molar-refractivity contribution in [3.63, 3.8) is 0 Å². The van der Waals surface area contributed by atoms with E-state index in [1.165, 1.54) is 18.0 Å². The number of hydrogen-bond acceptors (Lipinski definition) is 4. The Labute approximate surface area is 107 Å². The highest BCUT2D eigenvalue weighted by atomic mass is 16.5. The molecule has 2 N–H and O–H groups in total. The van der Waals surface area contributed by atoms with Gasteiger partial charge in [-0.25, -0.2) is 9.97 Å². The monoisotopic (exact) mass is 243 g/mol. The van der Waals surface area contributed by atoms with Gasteiger partial charge >= 0.3 is 0 Å². The molecule has 0 aliphatic heterocycles. The number of rotatable bonds is 4. The molecule has 1 atom stereocenters. The van der Waals surface area contributed by atoms with E-state index in [0.29, 0.717) is 17.6 Å². The van der Waals surface area contributed by atoms with Crippen molar-refractivity contribution < 1.29 is 4.74 Å². The Kier molecular flexibility index (Phi) is 3.77. The van der Waals surface area contributed by atoms with Gasteiger partial charge in [0.25, 0.3) is 0 Å². The standard InChI is InChI=1S/C14H17N3O/c1-3-10(2)11-6-4-5-7-12(11)18-14-9-16-13(15)8-17-14/h4-10H,3H2,1-2H3,(H2,15,16). The van der Waals surface area contributed by atoms with Crippen molar-refractivity contribution in [1.29, 1.82) is 0 Å². The van der Waals surface area contributed by atoms with Gasteiger partial charge in [0.05, 0.1) is 12.4 Å². The van der Waals surface area contributed by atoms with Crippen LogP contribution in [0.5, 0.6) is 11.6 Å². The molecule has 0 aliphatic carbocycles. The molecule has 18 heavy (non-hydrogen) atoms. The second-order valence-corrected chi connectivity index (χ2v) is 4.23. The lowest BCUT2D eigenvalue weighted by molar-refractivity contribution is 0.450. The molecule has 4 nitrogen and oxygen atoms in total. The fraction of sp³-hybridized carbons (Fsp3) is 0.286. The first-order valence-electron chi connectivity index (χ1n) is 6.05. The Bertz CT molecular complexity index is 511. The van der Waals surface area contributed by atoms with Crippen LogP contribution in [0.3, 0.4) is 0 Å². The SMILES string of the molecule is CCC(C)c1ccccc1Oc1cnc(N)cn1. The molecule has 2 aromatic rings. The van der Waals surface area contributed by atoms with Crippen molar-refractivity contribution in [2.75, 3.05) is 5.73 Å². The summed E-state index contributed by atoms with van der Waals surface area (Å²) < 4.78 is 5.76. The molecule has 0 bridgehead atoms. The summed E-state index contributed by atoms with van der Waals surface area (Å²) in [5.41, 5.74) is 6.67. The summed E-state index contributed by atoms with van der Waals surface area (Å²) >= 11 is 0. The van der Waals surface area contributed by atoms with E-state index >= 15 is 0 Å². The van der Waals surface area contributed by atoms with Gasteiger partial charge in [0.15, 0.2) is 0 Å². The molecule has 0 amide bonds. The van der Waals surface area contributed by atoms with Gasteiger partial charge in [-0.2, -0.15) is 0 Å². The van der Waals surface area contributed by atoms with Gasteiger partial charge in [-0.05, 0) is 24.0 Å². The van der Waals surface area contributed by atoms with Gasteiger partial charge in [-0.15, -0.1) is 0 Å². The van der Waals surface area contributed by atoms with Crippen LogP contribution in [0.25, 0.3) is 0 Å². The molecule has 0 saturated carbocycles. The third-order valence-corrected chi connectivity index (χ3v) is 2.92. The average Bonchev–Trinajstić information content (AvgIpc) is 2.41. The van der Waals surface area contributed by atoms with Crippen LogP contribution >= 0.6 is 0 Å². The topological polar surface area (TPSA) is 61.0 Å². The van der Waals surface area contributed by atoms with Crippen LogP contribution < -0.4 is 10.5 Å². The van der Waals surface area contributed by atoms with Crippen molar-refractivity contribution in [3.05, 3.63) is 42.2 Å². The number of benzene rings is 1. The first kappa shape index (κ1) is 12.4. The molecule has 0 fully saturated rings. The number of nitrogens with zero attached hydrogens (tertiary/aromatic N) is 2. The summed E-state index contributed by atoms with van der Waals surface area (Å²) in [4.78, 5) is 8.05. The Morgan fingerprint density at radius 2 is 2.00 bits per heavy atom. The predicted molar refractivity (Wildman–Crippen MR) is 71.7 cm³/mol. The largest absolute Gasteiger partial charge is 0.437 e. The molecule has 4 heteroatoms. The molecular weight excluding hydrogens is 226 g/mol. The first-order valence-corrected chi connectivity index (χ1v) is 6.05. The maximum Gasteiger partial charge on any atom is 0.237 e. The zero-order valence-corrected chi connectivity index (χ0v) is 10.6. The summed E-state index contributed by atoms with van der Waals surface area (Å²) in [6.07, 6.45) is 4.08. The van der Waals surface area contributed by atoms with Crippen LogP contribution in [0, 0.1) is 0 Å². The number of nitrogen functional groups attached to an aromatic ring is 1. The van der Waals surface area contributed by atoms with E-state index in [4.69, 9.17) is 10.5 Å². The van der Waals surface area contributed by atoms with E-state index in [2.05, 4.69) is 29.9 Å². The molecule has 1 aromatic heterocycles. The van der Waals surface area contributed by atoms with Gasteiger partial charge < -0.3 is 10.5 Å². The number of aromatic nitrogens is 2. The van der Waals surface area contributed by atoms with Crippen LogP contribution in [0.15, 0.2) is 36.7 Å². The lowest BCUT2D eigenvalue weighted by Crippen LogP contribution is -1.98. The van der Waals surface area contributed by atoms with Crippen molar-refractivity contribution in [1.82, 2.24) is 9.97 Å². The summed E-state index contributed by atoms with van der Waals surface area (Å²) in [7, 11) is 0. The minimum atomic E-state index is 0.387. The maximum absolute atomic E-state index is 5.76. The second-order valence-electron chi connectivity index (χ2n) is 4.23. The minimum Gasteiger partial charge on any atom is -0.437 e. The van der Waals surface area contributed by atoms with E-state index in [1.807, 2.05) is 18.2 Å². The molecule has 1 heterocycles.